The maximum absolute atomic E-state index is 13.6. The average Bonchev–Trinajstić information content (AvgIpc) is 2.87. The molecule has 1 amide bonds. The number of aliphatic hydroxyl groups is 3. The zero-order valence-electron chi connectivity index (χ0n) is 20.5. The number of carbonyl (C=O) groups excluding carboxylic acids is 3. The number of hydrogen-bond donors (Lipinski definition) is 6. The number of phenols is 1. The largest absolute Gasteiger partial charge is 0.511 e. The highest BCUT2D eigenvalue weighted by Gasteiger charge is 2.59. The fourth-order valence-corrected chi connectivity index (χ4v) is 6.27. The lowest BCUT2D eigenvalue weighted by atomic mass is 9.60. The zero-order chi connectivity index (χ0) is 27.5. The van der Waals surface area contributed by atoms with Gasteiger partial charge >= 0.3 is 0 Å². The number of rotatable bonds is 5. The molecule has 3 aliphatic rings. The van der Waals surface area contributed by atoms with Crippen LogP contribution in [0.2, 0.25) is 5.02 Å². The fourth-order valence-electron chi connectivity index (χ4n) is 5.97. The summed E-state index contributed by atoms with van der Waals surface area (Å²) in [5, 5.41) is 47.2. The molecule has 0 fully saturated rings. The summed E-state index contributed by atoms with van der Waals surface area (Å²) in [5.41, 5.74) is 3.57. The van der Waals surface area contributed by atoms with E-state index in [1.54, 1.807) is 0 Å². The number of phenolic OH excluding ortho intramolecular Hbond substituents is 1. The van der Waals surface area contributed by atoms with Crippen molar-refractivity contribution in [2.75, 3.05) is 0 Å². The van der Waals surface area contributed by atoms with Gasteiger partial charge in [-0.15, -0.1) is 0 Å². The Hall–Kier alpha value is -3.66. The molecule has 2 aromatic rings. The second-order valence-corrected chi connectivity index (χ2v) is 10.5. The molecule has 0 saturated heterocycles. The Kier molecular flexibility index (Phi) is 6.33. The van der Waals surface area contributed by atoms with Crippen molar-refractivity contribution in [1.82, 2.24) is 5.32 Å². The predicted molar refractivity (Wildman–Crippen MR) is 138 cm³/mol. The van der Waals surface area contributed by atoms with E-state index in [1.165, 1.54) is 6.07 Å². The van der Waals surface area contributed by atoms with Gasteiger partial charge in [-0.1, -0.05) is 41.9 Å². The zero-order valence-corrected chi connectivity index (χ0v) is 21.2. The van der Waals surface area contributed by atoms with Crippen LogP contribution < -0.4 is 11.1 Å². The highest BCUT2D eigenvalue weighted by molar-refractivity contribution is 6.33. The van der Waals surface area contributed by atoms with Gasteiger partial charge in [0.05, 0.1) is 5.56 Å². The second kappa shape index (κ2) is 9.27. The molecule has 7 N–H and O–H groups in total. The number of halogens is 1. The van der Waals surface area contributed by atoms with Crippen molar-refractivity contribution in [2.45, 2.75) is 44.4 Å². The number of nitrogens with two attached hydrogens (primary N) is 1. The van der Waals surface area contributed by atoms with Crippen LogP contribution >= 0.6 is 11.6 Å². The van der Waals surface area contributed by atoms with Crippen molar-refractivity contribution in [3.63, 3.8) is 0 Å². The van der Waals surface area contributed by atoms with Crippen LogP contribution in [-0.4, -0.2) is 43.5 Å². The summed E-state index contributed by atoms with van der Waals surface area (Å²) in [6.07, 6.45) is -0.0773. The highest BCUT2D eigenvalue weighted by Crippen LogP contribution is 2.52. The van der Waals surface area contributed by atoms with Crippen molar-refractivity contribution in [1.29, 1.82) is 0 Å². The summed E-state index contributed by atoms with van der Waals surface area (Å²) in [5.74, 6) is -6.68. The minimum Gasteiger partial charge on any atom is -0.511 e. The number of Topliss-reactive ketones (excluding diaryl/α,β-unsaturated/α-hetero) is 2. The first-order chi connectivity index (χ1) is 18.0. The van der Waals surface area contributed by atoms with Crippen molar-refractivity contribution in [2.24, 2.45) is 17.6 Å². The molecular weight excluding hydrogens is 512 g/mol. The molecule has 3 aliphatic carbocycles. The van der Waals surface area contributed by atoms with Crippen LogP contribution in [-0.2, 0) is 22.6 Å². The first-order valence-electron chi connectivity index (χ1n) is 12.3. The molecule has 38 heavy (non-hydrogen) atoms. The van der Waals surface area contributed by atoms with Gasteiger partial charge in [0.1, 0.15) is 22.8 Å². The van der Waals surface area contributed by atoms with Crippen LogP contribution in [0.4, 0.5) is 0 Å². The Balaban J connectivity index is 1.51. The van der Waals surface area contributed by atoms with E-state index < -0.39 is 52.0 Å². The number of aromatic hydroxyl groups is 1. The van der Waals surface area contributed by atoms with Gasteiger partial charge in [-0.3, -0.25) is 14.4 Å². The van der Waals surface area contributed by atoms with Crippen LogP contribution in [0.3, 0.4) is 0 Å². The molecule has 4 atom stereocenters. The number of amides is 1. The Morgan fingerprint density at radius 1 is 1.18 bits per heavy atom. The molecule has 10 heteroatoms. The minimum absolute atomic E-state index is 0.00978. The standard InChI is InChI=1S/C28H27ClN2O7/c1-12(13-5-3-2-4-6-13)31-11-15-9-18(32)21-17(23(15)29)8-14-7-16-10-19(33)22(27(30)37)26(36)28(16,38)25(35)20(14)24(21)34/h2-6,9,12,14,16,31-33,35,38H,7-8,10-11H2,1H3,(H2,30,37)/t12?,14?,16-,28-/m0/s1. The molecule has 9 nitrogen and oxygen atoms in total. The molecular formula is C28H27ClN2O7. The summed E-state index contributed by atoms with van der Waals surface area (Å²) >= 11 is 6.74. The number of primary amides is 1. The summed E-state index contributed by atoms with van der Waals surface area (Å²) in [4.78, 5) is 38.3. The van der Waals surface area contributed by atoms with Gasteiger partial charge in [0.25, 0.3) is 5.91 Å². The molecule has 0 spiro atoms. The predicted octanol–water partition coefficient (Wildman–Crippen LogP) is 3.08. The van der Waals surface area contributed by atoms with E-state index in [-0.39, 0.29) is 42.2 Å². The molecule has 0 saturated carbocycles. The fraction of sp³-hybridized carbons (Fsp3) is 0.321. The third kappa shape index (κ3) is 3.81. The summed E-state index contributed by atoms with van der Waals surface area (Å²) in [7, 11) is 0. The number of aliphatic hydroxyl groups excluding tert-OH is 2. The van der Waals surface area contributed by atoms with E-state index in [4.69, 9.17) is 17.3 Å². The lowest BCUT2D eigenvalue weighted by Gasteiger charge is -2.45. The quantitative estimate of drug-likeness (QED) is 0.315. The number of ketones is 2. The van der Waals surface area contributed by atoms with E-state index >= 15 is 0 Å². The molecule has 0 aromatic heterocycles. The monoisotopic (exact) mass is 538 g/mol. The number of carbonyl (C=O) groups is 3. The van der Waals surface area contributed by atoms with E-state index in [0.717, 1.165) is 5.56 Å². The first kappa shape index (κ1) is 26.0. The van der Waals surface area contributed by atoms with Crippen molar-refractivity contribution in [3.05, 3.63) is 86.3 Å². The lowest BCUT2D eigenvalue weighted by molar-refractivity contribution is -0.144. The average molecular weight is 539 g/mol. The molecule has 2 aromatic carbocycles. The van der Waals surface area contributed by atoms with Gasteiger partial charge in [0.15, 0.2) is 11.4 Å². The number of hydrogen-bond acceptors (Lipinski definition) is 8. The van der Waals surface area contributed by atoms with Gasteiger partial charge in [0.2, 0.25) is 5.78 Å². The Morgan fingerprint density at radius 2 is 1.87 bits per heavy atom. The van der Waals surface area contributed by atoms with Gasteiger partial charge in [-0.05, 0) is 48.4 Å². The van der Waals surface area contributed by atoms with Crippen LogP contribution in [0.5, 0.6) is 5.75 Å². The summed E-state index contributed by atoms with van der Waals surface area (Å²) in [6, 6.07) is 11.2. The van der Waals surface area contributed by atoms with Crippen molar-refractivity contribution in [3.8, 4) is 5.75 Å². The SMILES string of the molecule is CC(NCc1cc(O)c2c(c1Cl)CC1C[C@H]3CC(O)=C(C(N)=O)C(=O)[C@@]3(O)C(O)=C1C2=O)c1ccccc1. The Labute approximate surface area is 223 Å². The summed E-state index contributed by atoms with van der Waals surface area (Å²) in [6.45, 7) is 2.31. The topological polar surface area (TPSA) is 170 Å². The highest BCUT2D eigenvalue weighted by atomic mass is 35.5. The summed E-state index contributed by atoms with van der Waals surface area (Å²) < 4.78 is 0. The van der Waals surface area contributed by atoms with E-state index in [2.05, 4.69) is 5.32 Å². The number of allylic oxidation sites excluding steroid dienone is 2. The van der Waals surface area contributed by atoms with Gasteiger partial charge in [-0.25, -0.2) is 0 Å². The molecule has 0 radical (unpaired) electrons. The van der Waals surface area contributed by atoms with E-state index in [0.29, 0.717) is 22.7 Å². The number of fused-ring (bicyclic) bond motifs is 3. The molecule has 0 heterocycles. The van der Waals surface area contributed by atoms with Gasteiger partial charge in [-0.2, -0.15) is 0 Å². The van der Waals surface area contributed by atoms with Crippen LogP contribution in [0.25, 0.3) is 0 Å². The smallest absolute Gasteiger partial charge is 0.255 e. The lowest BCUT2D eigenvalue weighted by Crippen LogP contribution is -2.57. The molecule has 5 rings (SSSR count). The van der Waals surface area contributed by atoms with E-state index in [9.17, 15) is 34.8 Å². The van der Waals surface area contributed by atoms with Crippen LogP contribution in [0, 0.1) is 11.8 Å². The van der Waals surface area contributed by atoms with Crippen molar-refractivity contribution >= 4 is 29.1 Å². The minimum atomic E-state index is -2.59. The molecule has 2 unspecified atom stereocenters. The third-order valence-corrected chi connectivity index (χ3v) is 8.44. The molecule has 0 aliphatic heterocycles. The molecule has 0 bridgehead atoms. The Morgan fingerprint density at radius 3 is 2.53 bits per heavy atom. The van der Waals surface area contributed by atoms with Crippen LogP contribution in [0.1, 0.15) is 52.9 Å². The maximum Gasteiger partial charge on any atom is 0.255 e. The number of nitrogens with one attached hydrogen (secondary N) is 1. The van der Waals surface area contributed by atoms with Crippen molar-refractivity contribution < 1.29 is 34.8 Å². The first-order valence-corrected chi connectivity index (χ1v) is 12.6. The molecule has 198 valence electrons. The normalized spacial score (nSPS) is 25.6. The number of benzene rings is 2. The maximum atomic E-state index is 13.6. The second-order valence-electron chi connectivity index (χ2n) is 10.1. The van der Waals surface area contributed by atoms with Crippen LogP contribution in [0.15, 0.2) is 59.1 Å². The van der Waals surface area contributed by atoms with Gasteiger partial charge in [0, 0.05) is 35.5 Å². The Bertz CT molecular complexity index is 1450. The van der Waals surface area contributed by atoms with E-state index in [1.807, 2.05) is 37.3 Å². The third-order valence-electron chi connectivity index (χ3n) is 7.97. The van der Waals surface area contributed by atoms with Gasteiger partial charge < -0.3 is 31.5 Å².